The molecule has 0 spiro atoms. The highest BCUT2D eigenvalue weighted by Crippen LogP contribution is 2.42. The van der Waals surface area contributed by atoms with Gasteiger partial charge in [0.15, 0.2) is 22.2 Å². The number of benzene rings is 2. The van der Waals surface area contributed by atoms with Gasteiger partial charge in [-0.2, -0.15) is 13.2 Å². The van der Waals surface area contributed by atoms with E-state index in [1.165, 1.54) is 41.3 Å². The second-order valence-corrected chi connectivity index (χ2v) is 12.5. The maximum atomic E-state index is 13.7. The van der Waals surface area contributed by atoms with Crippen molar-refractivity contribution in [3.8, 4) is 16.9 Å². The molecule has 1 fully saturated rings. The maximum Gasteiger partial charge on any atom is 0.451 e. The Labute approximate surface area is 244 Å². The lowest BCUT2D eigenvalue weighted by Crippen LogP contribution is -2.47. The number of aromatic nitrogens is 2. The average Bonchev–Trinajstić information content (AvgIpc) is 2.96. The number of nitrogens with zero attached hydrogens (tertiary/aromatic N) is 4. The number of hydrogen-bond acceptors (Lipinski definition) is 8. The van der Waals surface area contributed by atoms with Gasteiger partial charge in [0.2, 0.25) is 5.82 Å². The van der Waals surface area contributed by atoms with E-state index in [0.717, 1.165) is 12.4 Å². The average molecular weight is 622 g/mol. The van der Waals surface area contributed by atoms with Crippen molar-refractivity contribution in [2.45, 2.75) is 19.1 Å². The topological polar surface area (TPSA) is 122 Å². The minimum absolute atomic E-state index is 0.0296. The summed E-state index contributed by atoms with van der Waals surface area (Å²) in [5.41, 5.74) is 1.60. The third-order valence-electron chi connectivity index (χ3n) is 7.27. The van der Waals surface area contributed by atoms with Crippen LogP contribution >= 0.6 is 0 Å². The number of carbonyl (C=O) groups excluding carboxylic acids is 2. The number of fused-ring (bicyclic) bond motifs is 1. The second kappa shape index (κ2) is 11.9. The van der Waals surface area contributed by atoms with E-state index in [1.807, 2.05) is 4.90 Å². The fourth-order valence-corrected chi connectivity index (χ4v) is 6.10. The Bertz CT molecular complexity index is 1620. The first-order valence-corrected chi connectivity index (χ1v) is 15.1. The number of amides is 2. The van der Waals surface area contributed by atoms with Crippen LogP contribution < -0.4 is 15.0 Å². The fraction of sp³-hybridized carbons (Fsp3) is 0.357. The van der Waals surface area contributed by atoms with Gasteiger partial charge in [0, 0.05) is 55.3 Å². The summed E-state index contributed by atoms with van der Waals surface area (Å²) in [6, 6.07) is 7.74. The molecule has 0 aliphatic carbocycles. The van der Waals surface area contributed by atoms with Gasteiger partial charge in [-0.1, -0.05) is 12.1 Å². The Kier molecular flexibility index (Phi) is 8.38. The molecule has 43 heavy (non-hydrogen) atoms. The molecule has 3 aromatic rings. The summed E-state index contributed by atoms with van der Waals surface area (Å²) in [5.74, 6) is -2.37. The Morgan fingerprint density at radius 1 is 1.07 bits per heavy atom. The molecular weight excluding hydrogens is 594 g/mol. The minimum atomic E-state index is -4.71. The summed E-state index contributed by atoms with van der Waals surface area (Å²) in [4.78, 5) is 36.5. The molecule has 2 aromatic carbocycles. The number of carbonyl (C=O) groups is 2. The third kappa shape index (κ3) is 6.94. The zero-order valence-electron chi connectivity index (χ0n) is 22.9. The van der Waals surface area contributed by atoms with Crippen molar-refractivity contribution in [3.05, 3.63) is 71.6 Å². The number of sulfone groups is 1. The summed E-state index contributed by atoms with van der Waals surface area (Å²) in [6.45, 7) is 2.54. The predicted molar refractivity (Wildman–Crippen MR) is 148 cm³/mol. The lowest BCUT2D eigenvalue weighted by Gasteiger charge is -2.34. The molecule has 0 bridgehead atoms. The Balaban J connectivity index is 1.45. The molecule has 2 aliphatic heterocycles. The van der Waals surface area contributed by atoms with E-state index in [1.54, 1.807) is 6.92 Å². The Morgan fingerprint density at radius 3 is 2.35 bits per heavy atom. The van der Waals surface area contributed by atoms with Gasteiger partial charge in [-0.3, -0.25) is 14.5 Å². The summed E-state index contributed by atoms with van der Waals surface area (Å²) in [7, 11) is -3.08. The molecule has 0 unspecified atom stereocenters. The molecule has 5 rings (SSSR count). The highest BCUT2D eigenvalue weighted by atomic mass is 32.2. The first kappa shape index (κ1) is 30.4. The summed E-state index contributed by atoms with van der Waals surface area (Å²) < 4.78 is 81.7. The summed E-state index contributed by atoms with van der Waals surface area (Å²) >= 11 is 0. The van der Waals surface area contributed by atoms with Gasteiger partial charge in [-0.25, -0.2) is 22.8 Å². The number of rotatable bonds is 7. The van der Waals surface area contributed by atoms with Gasteiger partial charge in [-0.15, -0.1) is 0 Å². The van der Waals surface area contributed by atoms with Crippen molar-refractivity contribution in [2.75, 3.05) is 49.2 Å². The van der Waals surface area contributed by atoms with E-state index < -0.39 is 39.6 Å². The highest BCUT2D eigenvalue weighted by molar-refractivity contribution is 7.91. The SMILES string of the molecule is C[C@@H](NC(=O)c1cc(-c2ccc(F)cc2)c2c(c1)N(CCN1CCS(=O)(=O)CC1)C(=O)CO2)c1cnc(C(F)(F)F)nc1. The van der Waals surface area contributed by atoms with Gasteiger partial charge in [0.05, 0.1) is 23.2 Å². The second-order valence-electron chi connectivity index (χ2n) is 10.2. The molecule has 1 atom stereocenters. The lowest BCUT2D eigenvalue weighted by atomic mass is 9.98. The van der Waals surface area contributed by atoms with Crippen LogP contribution in [0.5, 0.6) is 5.75 Å². The van der Waals surface area contributed by atoms with Crippen LogP contribution in [-0.2, 0) is 20.8 Å². The van der Waals surface area contributed by atoms with Crippen molar-refractivity contribution >= 4 is 27.3 Å². The van der Waals surface area contributed by atoms with E-state index in [2.05, 4.69) is 15.3 Å². The predicted octanol–water partition coefficient (Wildman–Crippen LogP) is 3.25. The van der Waals surface area contributed by atoms with Crippen molar-refractivity contribution in [2.24, 2.45) is 0 Å². The van der Waals surface area contributed by atoms with Crippen LogP contribution in [0.15, 0.2) is 48.8 Å². The molecule has 3 heterocycles. The van der Waals surface area contributed by atoms with Gasteiger partial charge >= 0.3 is 6.18 Å². The van der Waals surface area contributed by atoms with Gasteiger partial charge in [0.25, 0.3) is 11.8 Å². The van der Waals surface area contributed by atoms with Gasteiger partial charge in [0.1, 0.15) is 5.82 Å². The van der Waals surface area contributed by atoms with E-state index in [4.69, 9.17) is 4.74 Å². The van der Waals surface area contributed by atoms with Crippen LogP contribution in [0.4, 0.5) is 23.2 Å². The quantitative estimate of drug-likeness (QED) is 0.400. The van der Waals surface area contributed by atoms with Crippen molar-refractivity contribution < 1.29 is 40.3 Å². The smallest absolute Gasteiger partial charge is 0.451 e. The monoisotopic (exact) mass is 621 g/mol. The first-order valence-electron chi connectivity index (χ1n) is 13.3. The molecule has 1 aromatic heterocycles. The number of anilines is 1. The zero-order chi connectivity index (χ0) is 30.9. The molecule has 2 amide bonds. The molecule has 2 aliphatic rings. The molecular formula is C28H27F4N5O5S. The highest BCUT2D eigenvalue weighted by Gasteiger charge is 2.35. The molecule has 10 nitrogen and oxygen atoms in total. The number of alkyl halides is 3. The van der Waals surface area contributed by atoms with E-state index >= 15 is 0 Å². The van der Waals surface area contributed by atoms with Crippen LogP contribution in [0.2, 0.25) is 0 Å². The molecule has 1 saturated heterocycles. The number of hydrogen-bond donors (Lipinski definition) is 1. The van der Waals surface area contributed by atoms with Gasteiger partial charge in [-0.05, 0) is 36.8 Å². The Morgan fingerprint density at radius 2 is 1.72 bits per heavy atom. The Hall–Kier alpha value is -4.11. The van der Waals surface area contributed by atoms with Crippen LogP contribution in [0.3, 0.4) is 0 Å². The van der Waals surface area contributed by atoms with Crippen LogP contribution in [0, 0.1) is 5.82 Å². The minimum Gasteiger partial charge on any atom is -0.481 e. The van der Waals surface area contributed by atoms with Crippen LogP contribution in [0.1, 0.15) is 34.7 Å². The zero-order valence-corrected chi connectivity index (χ0v) is 23.7. The summed E-state index contributed by atoms with van der Waals surface area (Å²) in [5, 5.41) is 2.71. The number of halogens is 4. The van der Waals surface area contributed by atoms with Crippen molar-refractivity contribution in [1.29, 1.82) is 0 Å². The standard InChI is InChI=1S/C28H27F4N5O5S/c1-17(20-14-33-27(34-15-20)28(30,31)32)35-26(39)19-12-22(18-2-4-21(29)5-3-18)25-23(13-19)37(24(38)16-42-25)7-6-36-8-10-43(40,41)11-9-36/h2-5,12-15,17H,6-11,16H2,1H3,(H,35,39)/t17-/m1/s1. The van der Waals surface area contributed by atoms with Gasteiger partial charge < -0.3 is 15.0 Å². The fourth-order valence-electron chi connectivity index (χ4n) is 4.82. The maximum absolute atomic E-state index is 13.7. The number of ether oxygens (including phenoxy) is 1. The molecule has 0 radical (unpaired) electrons. The molecule has 228 valence electrons. The van der Waals surface area contributed by atoms with E-state index in [0.29, 0.717) is 42.2 Å². The normalized spacial score (nSPS) is 17.6. The van der Waals surface area contributed by atoms with Crippen LogP contribution in [-0.4, -0.2) is 79.4 Å². The third-order valence-corrected chi connectivity index (χ3v) is 8.88. The van der Waals surface area contributed by atoms with Crippen molar-refractivity contribution in [3.63, 3.8) is 0 Å². The molecule has 1 N–H and O–H groups in total. The van der Waals surface area contributed by atoms with Crippen LogP contribution in [0.25, 0.3) is 11.1 Å². The number of nitrogens with one attached hydrogen (secondary N) is 1. The van der Waals surface area contributed by atoms with E-state index in [9.17, 15) is 35.6 Å². The van der Waals surface area contributed by atoms with Crippen molar-refractivity contribution in [1.82, 2.24) is 20.2 Å². The summed E-state index contributed by atoms with van der Waals surface area (Å²) in [6.07, 6.45) is -2.74. The van der Waals surface area contributed by atoms with E-state index in [-0.39, 0.29) is 41.7 Å². The molecule has 15 heteroatoms. The first-order chi connectivity index (χ1) is 20.3. The largest absolute Gasteiger partial charge is 0.481 e. The molecule has 0 saturated carbocycles. The lowest BCUT2D eigenvalue weighted by molar-refractivity contribution is -0.145.